The number of aromatic nitrogens is 1. The Bertz CT molecular complexity index is 758. The van der Waals surface area contributed by atoms with Crippen LogP contribution in [0.2, 0.25) is 5.02 Å². The van der Waals surface area contributed by atoms with Crippen molar-refractivity contribution in [3.8, 4) is 0 Å². The molecule has 1 aliphatic carbocycles. The van der Waals surface area contributed by atoms with Crippen LogP contribution >= 0.6 is 11.6 Å². The summed E-state index contributed by atoms with van der Waals surface area (Å²) in [6, 6.07) is 12.6. The first-order valence-electron chi connectivity index (χ1n) is 9.17. The Labute approximate surface area is 158 Å². The average molecular weight is 371 g/mol. The van der Waals surface area contributed by atoms with Gasteiger partial charge < -0.3 is 15.5 Å². The van der Waals surface area contributed by atoms with E-state index in [4.69, 9.17) is 11.6 Å². The quantitative estimate of drug-likeness (QED) is 0.820. The normalized spacial score (nSPS) is 19.6. The molecule has 136 valence electrons. The molecule has 2 N–H and O–H groups in total. The second-order valence-electron chi connectivity index (χ2n) is 7.09. The Balaban J connectivity index is 1.28. The maximum Gasteiger partial charge on any atom is 0.253 e. The van der Waals surface area contributed by atoms with Crippen molar-refractivity contribution in [3.05, 3.63) is 58.7 Å². The minimum atomic E-state index is -0.0181. The summed E-state index contributed by atoms with van der Waals surface area (Å²) in [5.74, 6) is 0.916. The van der Waals surface area contributed by atoms with Gasteiger partial charge in [0.05, 0.1) is 5.56 Å². The number of hydrogen-bond donors (Lipinski definition) is 2. The van der Waals surface area contributed by atoms with Crippen LogP contribution in [0.5, 0.6) is 0 Å². The minimum absolute atomic E-state index is 0.0181. The summed E-state index contributed by atoms with van der Waals surface area (Å²) >= 11 is 5.93. The molecule has 1 aromatic carbocycles. The van der Waals surface area contributed by atoms with Gasteiger partial charge >= 0.3 is 0 Å². The zero-order valence-corrected chi connectivity index (χ0v) is 15.4. The lowest BCUT2D eigenvalue weighted by Crippen LogP contribution is -2.32. The number of anilines is 1. The largest absolute Gasteiger partial charge is 0.355 e. The molecule has 1 saturated heterocycles. The van der Waals surface area contributed by atoms with E-state index in [2.05, 4.69) is 32.7 Å². The van der Waals surface area contributed by atoms with E-state index in [1.165, 1.54) is 5.56 Å². The first-order chi connectivity index (χ1) is 12.7. The van der Waals surface area contributed by atoms with Gasteiger partial charge in [-0.15, -0.1) is 0 Å². The van der Waals surface area contributed by atoms with E-state index in [0.717, 1.165) is 49.7 Å². The van der Waals surface area contributed by atoms with Gasteiger partial charge in [0, 0.05) is 42.9 Å². The van der Waals surface area contributed by atoms with E-state index in [0.29, 0.717) is 17.6 Å². The monoisotopic (exact) mass is 370 g/mol. The van der Waals surface area contributed by atoms with Gasteiger partial charge in [-0.3, -0.25) is 4.79 Å². The number of rotatable bonds is 6. The topological polar surface area (TPSA) is 57.3 Å². The Morgan fingerprint density at radius 2 is 1.92 bits per heavy atom. The number of carbonyl (C=O) groups is 1. The highest BCUT2D eigenvalue weighted by Gasteiger charge is 2.25. The second-order valence-corrected chi connectivity index (χ2v) is 7.53. The number of nitrogens with zero attached hydrogens (tertiary/aromatic N) is 2. The third-order valence-corrected chi connectivity index (χ3v) is 5.19. The zero-order valence-electron chi connectivity index (χ0n) is 14.6. The molecule has 1 aliphatic heterocycles. The molecule has 2 fully saturated rings. The van der Waals surface area contributed by atoms with Gasteiger partial charge in [0.15, 0.2) is 0 Å². The van der Waals surface area contributed by atoms with E-state index in [9.17, 15) is 4.79 Å². The summed E-state index contributed by atoms with van der Waals surface area (Å²) in [6.07, 6.45) is 4.95. The zero-order chi connectivity index (χ0) is 17.9. The molecule has 0 radical (unpaired) electrons. The Morgan fingerprint density at radius 1 is 1.12 bits per heavy atom. The number of pyridine rings is 1. The molecule has 1 aromatic heterocycles. The van der Waals surface area contributed by atoms with Crippen molar-refractivity contribution in [1.82, 2.24) is 15.6 Å². The summed E-state index contributed by atoms with van der Waals surface area (Å²) in [4.78, 5) is 18.8. The molecule has 1 amide bonds. The lowest BCUT2D eigenvalue weighted by atomic mass is 10.2. The molecule has 0 unspecified atom stereocenters. The van der Waals surface area contributed by atoms with Crippen molar-refractivity contribution in [1.29, 1.82) is 0 Å². The molecule has 0 spiro atoms. The first-order valence-corrected chi connectivity index (χ1v) is 9.55. The third-order valence-electron chi connectivity index (χ3n) is 4.94. The van der Waals surface area contributed by atoms with Crippen molar-refractivity contribution in [3.63, 3.8) is 0 Å². The summed E-state index contributed by atoms with van der Waals surface area (Å²) < 4.78 is 0. The van der Waals surface area contributed by atoms with Crippen molar-refractivity contribution in [2.45, 2.75) is 37.9 Å². The summed E-state index contributed by atoms with van der Waals surface area (Å²) in [6.45, 7) is 2.73. The molecule has 2 aromatic rings. The van der Waals surface area contributed by atoms with Crippen LogP contribution in [0, 0.1) is 0 Å². The van der Waals surface area contributed by atoms with E-state index in [1.54, 1.807) is 6.20 Å². The minimum Gasteiger partial charge on any atom is -0.355 e. The van der Waals surface area contributed by atoms with Crippen molar-refractivity contribution in [2.24, 2.45) is 0 Å². The number of hydrogen-bond acceptors (Lipinski definition) is 4. The van der Waals surface area contributed by atoms with Crippen LogP contribution in [-0.4, -0.2) is 36.1 Å². The number of carbonyl (C=O) groups excluding carboxylic acids is 1. The van der Waals surface area contributed by atoms with Crippen LogP contribution in [0.3, 0.4) is 0 Å². The smallest absolute Gasteiger partial charge is 0.253 e. The lowest BCUT2D eigenvalue weighted by molar-refractivity contribution is 0.0950. The fourth-order valence-electron chi connectivity index (χ4n) is 3.20. The molecule has 1 saturated carbocycles. The SMILES string of the molecule is O=C(NC1CC1)c1ccc(N2CC[C@H](NCc3ccc(Cl)cc3)C2)nc1. The maximum atomic E-state index is 12.0. The number of nitrogens with one attached hydrogen (secondary N) is 2. The molecule has 26 heavy (non-hydrogen) atoms. The van der Waals surface area contributed by atoms with Crippen molar-refractivity contribution in [2.75, 3.05) is 18.0 Å². The summed E-state index contributed by atoms with van der Waals surface area (Å²) in [7, 11) is 0. The fraction of sp³-hybridized carbons (Fsp3) is 0.400. The summed E-state index contributed by atoms with van der Waals surface area (Å²) in [5.41, 5.74) is 1.87. The summed E-state index contributed by atoms with van der Waals surface area (Å²) in [5, 5.41) is 7.35. The van der Waals surface area contributed by atoms with Gasteiger partial charge in [0.2, 0.25) is 0 Å². The Morgan fingerprint density at radius 3 is 2.62 bits per heavy atom. The van der Waals surface area contributed by atoms with Crippen LogP contribution in [-0.2, 0) is 6.54 Å². The Hall–Kier alpha value is -2.11. The van der Waals surface area contributed by atoms with Gasteiger partial charge in [0.1, 0.15) is 5.82 Å². The standard InChI is InChI=1S/C20H23ClN4O/c21-16-4-1-14(2-5-16)11-22-18-9-10-25(13-18)19-8-3-15(12-23-19)20(26)24-17-6-7-17/h1-5,8,12,17-18,22H,6-7,9-11,13H2,(H,24,26)/t18-/m0/s1. The van der Waals surface area contributed by atoms with Gasteiger partial charge in [0.25, 0.3) is 5.91 Å². The third kappa shape index (κ3) is 4.34. The van der Waals surface area contributed by atoms with Crippen molar-refractivity contribution >= 4 is 23.3 Å². The molecule has 0 bridgehead atoms. The fourth-order valence-corrected chi connectivity index (χ4v) is 3.33. The molecule has 2 aliphatic rings. The van der Waals surface area contributed by atoms with Gasteiger partial charge in [-0.1, -0.05) is 23.7 Å². The van der Waals surface area contributed by atoms with Crippen LogP contribution in [0.25, 0.3) is 0 Å². The van der Waals surface area contributed by atoms with Crippen LogP contribution in [0.1, 0.15) is 35.2 Å². The van der Waals surface area contributed by atoms with Gasteiger partial charge in [-0.2, -0.15) is 0 Å². The van der Waals surface area contributed by atoms with E-state index in [-0.39, 0.29) is 5.91 Å². The molecule has 5 nitrogen and oxygen atoms in total. The molecule has 4 rings (SSSR count). The van der Waals surface area contributed by atoms with Gasteiger partial charge in [-0.05, 0) is 49.1 Å². The second kappa shape index (κ2) is 7.64. The van der Waals surface area contributed by atoms with Crippen LogP contribution in [0.15, 0.2) is 42.6 Å². The predicted molar refractivity (Wildman–Crippen MR) is 104 cm³/mol. The molecular weight excluding hydrogens is 348 g/mol. The molecule has 6 heteroatoms. The van der Waals surface area contributed by atoms with Crippen LogP contribution in [0.4, 0.5) is 5.82 Å². The van der Waals surface area contributed by atoms with E-state index < -0.39 is 0 Å². The van der Waals surface area contributed by atoms with Crippen molar-refractivity contribution < 1.29 is 4.79 Å². The number of halogens is 1. The molecule has 2 heterocycles. The number of benzene rings is 1. The predicted octanol–water partition coefficient (Wildman–Crippen LogP) is 3.00. The van der Waals surface area contributed by atoms with Crippen LogP contribution < -0.4 is 15.5 Å². The van der Waals surface area contributed by atoms with E-state index >= 15 is 0 Å². The Kier molecular flexibility index (Phi) is 5.09. The van der Waals surface area contributed by atoms with Gasteiger partial charge in [-0.25, -0.2) is 4.98 Å². The highest BCUT2D eigenvalue weighted by atomic mass is 35.5. The molecular formula is C20H23ClN4O. The average Bonchev–Trinajstić information content (AvgIpc) is 3.35. The maximum absolute atomic E-state index is 12.0. The first kappa shape index (κ1) is 17.3. The van der Waals surface area contributed by atoms with E-state index in [1.807, 2.05) is 24.3 Å². The number of amides is 1. The lowest BCUT2D eigenvalue weighted by Gasteiger charge is -2.18. The molecule has 1 atom stereocenters. The highest BCUT2D eigenvalue weighted by Crippen LogP contribution is 2.21. The highest BCUT2D eigenvalue weighted by molar-refractivity contribution is 6.30.